The number of hydrogen-bond donors (Lipinski definition) is 2. The highest BCUT2D eigenvalue weighted by Gasteiger charge is 2.27. The van der Waals surface area contributed by atoms with Crippen LogP contribution in [0, 0.1) is 0 Å². The predicted octanol–water partition coefficient (Wildman–Crippen LogP) is 6.97. The van der Waals surface area contributed by atoms with Crippen molar-refractivity contribution in [2.75, 3.05) is 31.5 Å². The SMILES string of the molecule is CCOC(=O)c1c(NC(=O)C(C)Sc2cccc(NC(=O)c3ccc(OC)c(OC)c3)c2)sc2c1CCCCCC2. The zero-order valence-corrected chi connectivity index (χ0v) is 25.5. The number of benzene rings is 2. The average Bonchev–Trinajstić information content (AvgIpc) is 3.28. The Labute approximate surface area is 249 Å². The fourth-order valence-electron chi connectivity index (χ4n) is 4.73. The van der Waals surface area contributed by atoms with Gasteiger partial charge in [0, 0.05) is 21.0 Å². The van der Waals surface area contributed by atoms with Gasteiger partial charge in [-0.1, -0.05) is 18.9 Å². The zero-order chi connectivity index (χ0) is 29.4. The number of ether oxygens (including phenoxy) is 3. The van der Waals surface area contributed by atoms with Crippen LogP contribution >= 0.6 is 23.1 Å². The Balaban J connectivity index is 1.45. The first-order valence-electron chi connectivity index (χ1n) is 13.8. The summed E-state index contributed by atoms with van der Waals surface area (Å²) in [6, 6.07) is 12.3. The van der Waals surface area contributed by atoms with Crippen molar-refractivity contribution in [3.05, 3.63) is 64.0 Å². The molecule has 2 amide bonds. The van der Waals surface area contributed by atoms with E-state index in [2.05, 4.69) is 10.6 Å². The van der Waals surface area contributed by atoms with Crippen LogP contribution in [-0.4, -0.2) is 43.9 Å². The van der Waals surface area contributed by atoms with Crippen LogP contribution in [-0.2, 0) is 22.4 Å². The van der Waals surface area contributed by atoms with Gasteiger partial charge in [0.25, 0.3) is 5.91 Å². The van der Waals surface area contributed by atoms with Crippen LogP contribution in [0.25, 0.3) is 0 Å². The van der Waals surface area contributed by atoms with Crippen molar-refractivity contribution in [1.82, 2.24) is 0 Å². The van der Waals surface area contributed by atoms with Crippen LogP contribution in [0.5, 0.6) is 11.5 Å². The van der Waals surface area contributed by atoms with E-state index in [1.807, 2.05) is 25.1 Å². The highest BCUT2D eigenvalue weighted by molar-refractivity contribution is 8.00. The minimum absolute atomic E-state index is 0.200. The number of fused-ring (bicyclic) bond motifs is 1. The molecular weight excluding hydrogens is 560 g/mol. The van der Waals surface area contributed by atoms with Gasteiger partial charge in [-0.2, -0.15) is 0 Å². The molecule has 0 spiro atoms. The van der Waals surface area contributed by atoms with Crippen molar-refractivity contribution in [1.29, 1.82) is 0 Å². The molecule has 3 aromatic rings. The lowest BCUT2D eigenvalue weighted by Gasteiger charge is -2.14. The van der Waals surface area contributed by atoms with Crippen molar-refractivity contribution < 1.29 is 28.6 Å². The van der Waals surface area contributed by atoms with Gasteiger partial charge in [0.1, 0.15) is 5.00 Å². The summed E-state index contributed by atoms with van der Waals surface area (Å²) < 4.78 is 15.9. The van der Waals surface area contributed by atoms with Gasteiger partial charge in [-0.15, -0.1) is 23.1 Å². The molecule has 8 nitrogen and oxygen atoms in total. The summed E-state index contributed by atoms with van der Waals surface area (Å²) in [6.45, 7) is 3.89. The van der Waals surface area contributed by atoms with Crippen LogP contribution in [0.15, 0.2) is 47.4 Å². The molecule has 218 valence electrons. The Morgan fingerprint density at radius 1 is 0.951 bits per heavy atom. The molecule has 1 unspecified atom stereocenters. The molecule has 0 aliphatic heterocycles. The Kier molecular flexibility index (Phi) is 10.7. The Hall–Kier alpha value is -3.50. The second kappa shape index (κ2) is 14.4. The molecule has 1 aliphatic rings. The Morgan fingerprint density at radius 2 is 1.71 bits per heavy atom. The minimum atomic E-state index is -0.452. The third-order valence-corrected chi connectivity index (χ3v) is 9.11. The normalized spacial score (nSPS) is 13.7. The molecule has 2 aromatic carbocycles. The van der Waals surface area contributed by atoms with Crippen molar-refractivity contribution in [2.45, 2.75) is 62.5 Å². The molecule has 41 heavy (non-hydrogen) atoms. The molecule has 0 radical (unpaired) electrons. The van der Waals surface area contributed by atoms with Crippen molar-refractivity contribution in [3.8, 4) is 11.5 Å². The highest BCUT2D eigenvalue weighted by atomic mass is 32.2. The number of hydrogen-bond acceptors (Lipinski definition) is 8. The van der Waals surface area contributed by atoms with Crippen molar-refractivity contribution in [2.24, 2.45) is 0 Å². The number of esters is 1. The number of thiophene rings is 1. The number of carbonyl (C=O) groups is 3. The molecule has 0 fully saturated rings. The van der Waals surface area contributed by atoms with E-state index in [0.29, 0.717) is 33.3 Å². The highest BCUT2D eigenvalue weighted by Crippen LogP contribution is 2.38. The standard InChI is InChI=1S/C31H36N2O6S2/c1-5-39-31(36)27-23-13-8-6-7-9-14-26(23)41-30(27)33-28(34)19(2)40-22-12-10-11-21(18-22)32-29(35)20-15-16-24(37-3)25(17-20)38-4/h10-12,15-19H,5-9,13-14H2,1-4H3,(H,32,35)(H,33,34). The average molecular weight is 597 g/mol. The van der Waals surface area contributed by atoms with Gasteiger partial charge in [0.2, 0.25) is 5.91 Å². The summed E-state index contributed by atoms with van der Waals surface area (Å²) in [4.78, 5) is 41.1. The summed E-state index contributed by atoms with van der Waals surface area (Å²) >= 11 is 2.87. The van der Waals surface area contributed by atoms with Crippen LogP contribution in [0.3, 0.4) is 0 Å². The van der Waals surface area contributed by atoms with Gasteiger partial charge in [0.15, 0.2) is 11.5 Å². The molecule has 0 bridgehead atoms. The maximum absolute atomic E-state index is 13.3. The van der Waals surface area contributed by atoms with Gasteiger partial charge < -0.3 is 24.8 Å². The summed E-state index contributed by atoms with van der Waals surface area (Å²) in [6.07, 6.45) is 6.15. The second-order valence-corrected chi connectivity index (χ2v) is 12.2. The summed E-state index contributed by atoms with van der Waals surface area (Å²) in [7, 11) is 3.06. The lowest BCUT2D eigenvalue weighted by molar-refractivity contribution is -0.115. The van der Waals surface area contributed by atoms with Gasteiger partial charge in [0.05, 0.1) is 31.6 Å². The van der Waals surface area contributed by atoms with E-state index >= 15 is 0 Å². The van der Waals surface area contributed by atoms with E-state index in [0.717, 1.165) is 42.6 Å². The van der Waals surface area contributed by atoms with Crippen LogP contribution < -0.4 is 20.1 Å². The molecule has 4 rings (SSSR count). The maximum atomic E-state index is 13.3. The lowest BCUT2D eigenvalue weighted by Crippen LogP contribution is -2.23. The number of carbonyl (C=O) groups excluding carboxylic acids is 3. The molecule has 2 N–H and O–H groups in total. The maximum Gasteiger partial charge on any atom is 0.341 e. The van der Waals surface area contributed by atoms with E-state index in [4.69, 9.17) is 14.2 Å². The smallest absolute Gasteiger partial charge is 0.341 e. The molecule has 0 saturated heterocycles. The van der Waals surface area contributed by atoms with E-state index in [1.54, 1.807) is 31.2 Å². The Morgan fingerprint density at radius 3 is 2.44 bits per heavy atom. The molecule has 10 heteroatoms. The Bertz CT molecular complexity index is 1400. The van der Waals surface area contributed by atoms with Gasteiger partial charge in [-0.3, -0.25) is 9.59 Å². The molecule has 1 heterocycles. The second-order valence-electron chi connectivity index (χ2n) is 9.64. The molecule has 1 aromatic heterocycles. The van der Waals surface area contributed by atoms with Gasteiger partial charge in [-0.05, 0) is 81.5 Å². The van der Waals surface area contributed by atoms with Crippen molar-refractivity contribution >= 4 is 51.6 Å². The number of amides is 2. The summed E-state index contributed by atoms with van der Waals surface area (Å²) in [5.74, 6) is 0.137. The fourth-order valence-corrected chi connectivity index (χ4v) is 6.93. The first-order valence-corrected chi connectivity index (χ1v) is 15.5. The first kappa shape index (κ1) is 30.5. The predicted molar refractivity (Wildman–Crippen MR) is 164 cm³/mol. The molecule has 1 atom stereocenters. The van der Waals surface area contributed by atoms with Gasteiger partial charge in [-0.25, -0.2) is 4.79 Å². The number of nitrogens with one attached hydrogen (secondary N) is 2. The van der Waals surface area contributed by atoms with Crippen LogP contribution in [0.4, 0.5) is 10.7 Å². The van der Waals surface area contributed by atoms with E-state index < -0.39 is 5.25 Å². The summed E-state index contributed by atoms with van der Waals surface area (Å²) in [5.41, 5.74) is 2.57. The largest absolute Gasteiger partial charge is 0.493 e. The quantitative estimate of drug-likeness (QED) is 0.192. The minimum Gasteiger partial charge on any atom is -0.493 e. The number of methoxy groups -OCH3 is 2. The van der Waals surface area contributed by atoms with E-state index in [1.165, 1.54) is 48.6 Å². The number of rotatable bonds is 10. The fraction of sp³-hybridized carbons (Fsp3) is 0.387. The molecular formula is C31H36N2O6S2. The number of aryl methyl sites for hydroxylation is 1. The molecule has 1 aliphatic carbocycles. The number of anilines is 2. The first-order chi connectivity index (χ1) is 19.8. The molecule has 0 saturated carbocycles. The van der Waals surface area contributed by atoms with Crippen molar-refractivity contribution in [3.63, 3.8) is 0 Å². The van der Waals surface area contributed by atoms with Gasteiger partial charge >= 0.3 is 5.97 Å². The topological polar surface area (TPSA) is 103 Å². The number of thioether (sulfide) groups is 1. The zero-order valence-electron chi connectivity index (χ0n) is 23.8. The third-order valence-electron chi connectivity index (χ3n) is 6.81. The van der Waals surface area contributed by atoms with E-state index in [-0.39, 0.29) is 24.4 Å². The lowest BCUT2D eigenvalue weighted by atomic mass is 9.96. The third kappa shape index (κ3) is 7.62. The van der Waals surface area contributed by atoms with E-state index in [9.17, 15) is 14.4 Å². The monoisotopic (exact) mass is 596 g/mol. The van der Waals surface area contributed by atoms with Crippen LogP contribution in [0.2, 0.25) is 0 Å². The summed E-state index contributed by atoms with van der Waals surface area (Å²) in [5, 5.41) is 6.04. The van der Waals surface area contributed by atoms with Crippen LogP contribution in [0.1, 0.15) is 70.7 Å².